The molecule has 0 saturated heterocycles. The number of benzene rings is 3. The van der Waals surface area contributed by atoms with E-state index in [9.17, 15) is 0 Å². The Bertz CT molecular complexity index is 957. The van der Waals surface area contributed by atoms with Gasteiger partial charge in [-0.15, -0.1) is 0 Å². The molecule has 3 aromatic rings. The molecule has 3 rings (SSSR count). The van der Waals surface area contributed by atoms with E-state index < -0.39 is 0 Å². The van der Waals surface area contributed by atoms with Crippen molar-refractivity contribution in [1.82, 2.24) is 0 Å². The van der Waals surface area contributed by atoms with E-state index in [1.54, 1.807) is 0 Å². The van der Waals surface area contributed by atoms with Gasteiger partial charge < -0.3 is 4.74 Å². The zero-order valence-electron chi connectivity index (χ0n) is 17.8. The van der Waals surface area contributed by atoms with Crippen molar-refractivity contribution in [3.63, 3.8) is 0 Å². The summed E-state index contributed by atoms with van der Waals surface area (Å²) in [7, 11) is 0. The number of rotatable bonds is 9. The van der Waals surface area contributed by atoms with Crippen LogP contribution in [0.5, 0.6) is 5.75 Å². The van der Waals surface area contributed by atoms with Crippen LogP contribution < -0.4 is 4.74 Å². The van der Waals surface area contributed by atoms with Gasteiger partial charge in [0.2, 0.25) is 0 Å². The highest BCUT2D eigenvalue weighted by atomic mass is 16.5. The minimum atomic E-state index is 0.792. The molecule has 29 heavy (non-hydrogen) atoms. The van der Waals surface area contributed by atoms with Gasteiger partial charge >= 0.3 is 0 Å². The molecule has 1 nitrogen and oxygen atoms in total. The van der Waals surface area contributed by atoms with Gasteiger partial charge in [-0.3, -0.25) is 0 Å². The minimum absolute atomic E-state index is 0.792. The Morgan fingerprint density at radius 3 is 2.10 bits per heavy atom. The molecule has 0 aliphatic rings. The van der Waals surface area contributed by atoms with Crippen molar-refractivity contribution in [3.8, 4) is 17.6 Å². The summed E-state index contributed by atoms with van der Waals surface area (Å²) in [6.45, 7) is 5.24. The molecule has 0 aliphatic heterocycles. The predicted molar refractivity (Wildman–Crippen MR) is 125 cm³/mol. The van der Waals surface area contributed by atoms with Gasteiger partial charge in [0.05, 0.1) is 6.61 Å². The molecule has 1 heteroatoms. The topological polar surface area (TPSA) is 9.23 Å². The van der Waals surface area contributed by atoms with Crippen LogP contribution in [0.2, 0.25) is 0 Å². The smallest absolute Gasteiger partial charge is 0.119 e. The Kier molecular flexibility index (Phi) is 8.20. The van der Waals surface area contributed by atoms with Crippen LogP contribution in [0.15, 0.2) is 60.7 Å². The molecule has 0 unspecified atom stereocenters. The van der Waals surface area contributed by atoms with E-state index in [-0.39, 0.29) is 0 Å². The number of ether oxygens (including phenoxy) is 1. The Labute approximate surface area is 176 Å². The van der Waals surface area contributed by atoms with Crippen LogP contribution in [0.1, 0.15) is 69.1 Å². The third kappa shape index (κ3) is 6.68. The largest absolute Gasteiger partial charge is 0.494 e. The second kappa shape index (κ2) is 11.3. The quantitative estimate of drug-likeness (QED) is 0.273. The number of hydrogen-bond donors (Lipinski definition) is 0. The van der Waals surface area contributed by atoms with Crippen LogP contribution in [-0.4, -0.2) is 6.61 Å². The third-order valence-electron chi connectivity index (χ3n) is 5.20. The Morgan fingerprint density at radius 2 is 1.31 bits per heavy atom. The number of unbranched alkanes of at least 4 members (excludes halogenated alkanes) is 4. The fourth-order valence-electron chi connectivity index (χ4n) is 3.41. The van der Waals surface area contributed by atoms with Crippen LogP contribution in [0.3, 0.4) is 0 Å². The monoisotopic (exact) mass is 384 g/mol. The lowest BCUT2D eigenvalue weighted by Crippen LogP contribution is -1.96. The first-order chi connectivity index (χ1) is 14.3. The summed E-state index contributed by atoms with van der Waals surface area (Å²) in [5, 5.41) is 2.39. The van der Waals surface area contributed by atoms with Gasteiger partial charge in [0.25, 0.3) is 0 Å². The van der Waals surface area contributed by atoms with Gasteiger partial charge in [0.1, 0.15) is 5.75 Å². The average molecular weight is 385 g/mol. The first-order valence-electron chi connectivity index (χ1n) is 11.1. The van der Waals surface area contributed by atoms with Crippen molar-refractivity contribution in [1.29, 1.82) is 0 Å². The predicted octanol–water partition coefficient (Wildman–Crippen LogP) is 7.54. The fourth-order valence-corrected chi connectivity index (χ4v) is 3.41. The Balaban J connectivity index is 1.63. The maximum absolute atomic E-state index is 5.86. The van der Waals surface area contributed by atoms with Crippen LogP contribution >= 0.6 is 0 Å². The molecule has 0 aliphatic carbocycles. The fraction of sp³-hybridized carbons (Fsp3) is 0.357. The van der Waals surface area contributed by atoms with Crippen molar-refractivity contribution in [3.05, 3.63) is 77.4 Å². The summed E-state index contributed by atoms with van der Waals surface area (Å²) in [5.74, 6) is 7.55. The first-order valence-corrected chi connectivity index (χ1v) is 11.1. The highest BCUT2D eigenvalue weighted by molar-refractivity contribution is 5.85. The van der Waals surface area contributed by atoms with Crippen molar-refractivity contribution in [2.75, 3.05) is 6.61 Å². The van der Waals surface area contributed by atoms with Crippen LogP contribution in [0, 0.1) is 11.8 Å². The molecule has 0 bridgehead atoms. The first kappa shape index (κ1) is 21.0. The summed E-state index contributed by atoms with van der Waals surface area (Å²) in [5.41, 5.74) is 3.52. The lowest BCUT2D eigenvalue weighted by molar-refractivity contribution is 0.306. The molecule has 0 saturated carbocycles. The second-order valence-electron chi connectivity index (χ2n) is 7.68. The second-order valence-corrected chi connectivity index (χ2v) is 7.68. The van der Waals surface area contributed by atoms with Gasteiger partial charge in [0, 0.05) is 11.1 Å². The number of aryl methyl sites for hydroxylation is 1. The van der Waals surface area contributed by atoms with E-state index in [0.29, 0.717) is 0 Å². The SMILES string of the molecule is CCCCCOc1ccc2cc(C#Cc3ccc(CCCCC)cc3)ccc2c1. The number of fused-ring (bicyclic) bond motifs is 1. The molecule has 0 amide bonds. The standard InChI is InChI=1S/C28H32O/c1-3-5-7-9-23-10-12-24(13-11-23)14-15-25-16-17-27-22-28(19-18-26(27)21-25)29-20-8-6-4-2/h10-13,16-19,21-22H,3-9,20H2,1-2H3. The molecule has 0 heterocycles. The normalized spacial score (nSPS) is 10.6. The molecular weight excluding hydrogens is 352 g/mol. The highest BCUT2D eigenvalue weighted by Gasteiger charge is 1.99. The van der Waals surface area contributed by atoms with Crippen LogP contribution in [0.25, 0.3) is 10.8 Å². The summed E-state index contributed by atoms with van der Waals surface area (Å²) in [6.07, 6.45) is 8.55. The maximum Gasteiger partial charge on any atom is 0.119 e. The zero-order valence-corrected chi connectivity index (χ0v) is 17.8. The molecule has 0 radical (unpaired) electrons. The lowest BCUT2D eigenvalue weighted by atomic mass is 10.0. The highest BCUT2D eigenvalue weighted by Crippen LogP contribution is 2.22. The van der Waals surface area contributed by atoms with Gasteiger partial charge in [0.15, 0.2) is 0 Å². The van der Waals surface area contributed by atoms with Crippen molar-refractivity contribution in [2.45, 2.75) is 58.8 Å². The molecule has 0 spiro atoms. The van der Waals surface area contributed by atoms with E-state index >= 15 is 0 Å². The molecule has 150 valence electrons. The summed E-state index contributed by atoms with van der Waals surface area (Å²) in [4.78, 5) is 0. The maximum atomic E-state index is 5.86. The van der Waals surface area contributed by atoms with E-state index in [1.807, 2.05) is 0 Å². The van der Waals surface area contributed by atoms with Gasteiger partial charge in [-0.1, -0.05) is 75.6 Å². The minimum Gasteiger partial charge on any atom is -0.494 e. The molecule has 0 atom stereocenters. The van der Waals surface area contributed by atoms with Gasteiger partial charge in [-0.05, 0) is 72.0 Å². The molecule has 0 N–H and O–H groups in total. The zero-order chi connectivity index (χ0) is 20.3. The van der Waals surface area contributed by atoms with E-state index in [1.165, 1.54) is 48.4 Å². The summed E-state index contributed by atoms with van der Waals surface area (Å²) < 4.78 is 5.86. The molecular formula is C28H32O. The Morgan fingerprint density at radius 1 is 0.655 bits per heavy atom. The number of hydrogen-bond acceptors (Lipinski definition) is 1. The average Bonchev–Trinajstić information content (AvgIpc) is 2.76. The van der Waals surface area contributed by atoms with Crippen molar-refractivity contribution < 1.29 is 4.74 Å². The van der Waals surface area contributed by atoms with E-state index in [0.717, 1.165) is 36.3 Å². The lowest BCUT2D eigenvalue weighted by Gasteiger charge is -2.07. The summed E-state index contributed by atoms with van der Waals surface area (Å²) in [6, 6.07) is 21.4. The van der Waals surface area contributed by atoms with Crippen molar-refractivity contribution >= 4 is 10.8 Å². The van der Waals surface area contributed by atoms with E-state index in [4.69, 9.17) is 4.74 Å². The third-order valence-corrected chi connectivity index (χ3v) is 5.20. The van der Waals surface area contributed by atoms with Crippen molar-refractivity contribution in [2.24, 2.45) is 0 Å². The molecule has 0 fully saturated rings. The summed E-state index contributed by atoms with van der Waals surface area (Å²) >= 11 is 0. The molecule has 0 aromatic heterocycles. The van der Waals surface area contributed by atoms with Crippen LogP contribution in [-0.2, 0) is 6.42 Å². The van der Waals surface area contributed by atoms with E-state index in [2.05, 4.69) is 86.4 Å². The molecule has 3 aromatic carbocycles. The van der Waals surface area contributed by atoms with Gasteiger partial charge in [-0.2, -0.15) is 0 Å². The van der Waals surface area contributed by atoms with Crippen LogP contribution in [0.4, 0.5) is 0 Å². The van der Waals surface area contributed by atoms with Gasteiger partial charge in [-0.25, -0.2) is 0 Å². The Hall–Kier alpha value is -2.72.